The van der Waals surface area contributed by atoms with Crippen LogP contribution >= 0.6 is 0 Å². The number of allylic oxidation sites excluding steroid dienone is 1. The van der Waals surface area contributed by atoms with Gasteiger partial charge in [0.05, 0.1) is 13.2 Å². The van der Waals surface area contributed by atoms with Crippen LogP contribution in [0.3, 0.4) is 0 Å². The molecule has 0 unspecified atom stereocenters. The van der Waals surface area contributed by atoms with Gasteiger partial charge >= 0.3 is 0 Å². The molecular formula is C17H27NO2. The highest BCUT2D eigenvalue weighted by molar-refractivity contribution is 5.28. The Bertz CT molecular complexity index is 366. The summed E-state index contributed by atoms with van der Waals surface area (Å²) in [6.07, 6.45) is 6.58. The molecule has 112 valence electrons. The van der Waals surface area contributed by atoms with Crippen molar-refractivity contribution < 1.29 is 9.47 Å². The predicted molar refractivity (Wildman–Crippen MR) is 84.2 cm³/mol. The Kier molecular flexibility index (Phi) is 9.62. The van der Waals surface area contributed by atoms with E-state index in [1.807, 2.05) is 18.2 Å². The van der Waals surface area contributed by atoms with E-state index >= 15 is 0 Å². The second kappa shape index (κ2) is 11.5. The van der Waals surface area contributed by atoms with Gasteiger partial charge in [0.15, 0.2) is 0 Å². The molecule has 0 atom stereocenters. The summed E-state index contributed by atoms with van der Waals surface area (Å²) in [5, 5.41) is 3.33. The van der Waals surface area contributed by atoms with Crippen LogP contribution in [0, 0.1) is 0 Å². The van der Waals surface area contributed by atoms with Gasteiger partial charge in [-0.1, -0.05) is 18.2 Å². The highest BCUT2D eigenvalue weighted by Gasteiger charge is 1.97. The maximum Gasteiger partial charge on any atom is 0.119 e. The zero-order valence-electron chi connectivity index (χ0n) is 12.6. The molecule has 1 aromatic rings. The smallest absolute Gasteiger partial charge is 0.119 e. The standard InChI is InChI=1S/C17H27NO2/c1-3-4-5-6-7-12-20-17-10-8-9-16(14-17)15-18-11-13-19-2/h3,8-10,14,18H,1,4-7,11-13,15H2,2H3. The quantitative estimate of drug-likeness (QED) is 0.468. The first-order valence-corrected chi connectivity index (χ1v) is 7.39. The Morgan fingerprint density at radius 3 is 2.90 bits per heavy atom. The number of benzene rings is 1. The van der Waals surface area contributed by atoms with Crippen LogP contribution in [0.15, 0.2) is 36.9 Å². The van der Waals surface area contributed by atoms with Crippen LogP contribution in [-0.2, 0) is 11.3 Å². The molecule has 0 aliphatic heterocycles. The minimum Gasteiger partial charge on any atom is -0.494 e. The Morgan fingerprint density at radius 2 is 2.10 bits per heavy atom. The van der Waals surface area contributed by atoms with Crippen LogP contribution in [0.4, 0.5) is 0 Å². The molecule has 0 heterocycles. The first kappa shape index (κ1) is 16.7. The second-order valence-corrected chi connectivity index (χ2v) is 4.80. The molecule has 0 fully saturated rings. The fraction of sp³-hybridized carbons (Fsp3) is 0.529. The number of unbranched alkanes of at least 4 members (excludes halogenated alkanes) is 3. The average Bonchev–Trinajstić information content (AvgIpc) is 2.48. The van der Waals surface area contributed by atoms with Crippen molar-refractivity contribution in [2.45, 2.75) is 32.2 Å². The van der Waals surface area contributed by atoms with Crippen molar-refractivity contribution in [1.29, 1.82) is 0 Å². The number of nitrogens with one attached hydrogen (secondary N) is 1. The summed E-state index contributed by atoms with van der Waals surface area (Å²) in [7, 11) is 1.71. The van der Waals surface area contributed by atoms with E-state index < -0.39 is 0 Å². The third-order valence-electron chi connectivity index (χ3n) is 3.03. The van der Waals surface area contributed by atoms with E-state index in [1.165, 1.54) is 18.4 Å². The van der Waals surface area contributed by atoms with Crippen molar-refractivity contribution in [2.24, 2.45) is 0 Å². The van der Waals surface area contributed by atoms with Gasteiger partial charge in [-0.3, -0.25) is 0 Å². The van der Waals surface area contributed by atoms with Gasteiger partial charge in [-0.25, -0.2) is 0 Å². The summed E-state index contributed by atoms with van der Waals surface area (Å²) < 4.78 is 10.8. The number of methoxy groups -OCH3 is 1. The topological polar surface area (TPSA) is 30.5 Å². The summed E-state index contributed by atoms with van der Waals surface area (Å²) in [6.45, 7) is 6.97. The zero-order chi connectivity index (χ0) is 14.5. The molecule has 0 saturated carbocycles. The molecule has 20 heavy (non-hydrogen) atoms. The van der Waals surface area contributed by atoms with Gasteiger partial charge in [0, 0.05) is 20.2 Å². The van der Waals surface area contributed by atoms with E-state index in [0.717, 1.165) is 44.9 Å². The fourth-order valence-electron chi connectivity index (χ4n) is 1.91. The maximum atomic E-state index is 5.78. The lowest BCUT2D eigenvalue weighted by Gasteiger charge is -2.09. The number of rotatable bonds is 12. The van der Waals surface area contributed by atoms with E-state index in [2.05, 4.69) is 24.0 Å². The van der Waals surface area contributed by atoms with Crippen LogP contribution in [0.1, 0.15) is 31.2 Å². The molecule has 0 aliphatic carbocycles. The normalized spacial score (nSPS) is 10.4. The molecule has 0 amide bonds. The molecule has 0 aliphatic rings. The molecule has 1 aromatic carbocycles. The Hall–Kier alpha value is -1.32. The molecule has 1 rings (SSSR count). The summed E-state index contributed by atoms with van der Waals surface area (Å²) >= 11 is 0. The molecule has 0 spiro atoms. The Balaban J connectivity index is 2.20. The third-order valence-corrected chi connectivity index (χ3v) is 3.03. The van der Waals surface area contributed by atoms with Gasteiger partial charge < -0.3 is 14.8 Å². The molecule has 3 nitrogen and oxygen atoms in total. The van der Waals surface area contributed by atoms with Gasteiger partial charge in [0.25, 0.3) is 0 Å². The lowest BCUT2D eigenvalue weighted by molar-refractivity contribution is 0.199. The highest BCUT2D eigenvalue weighted by atomic mass is 16.5. The van der Waals surface area contributed by atoms with Crippen molar-refractivity contribution in [3.05, 3.63) is 42.5 Å². The largest absolute Gasteiger partial charge is 0.494 e. The summed E-state index contributed by atoms with van der Waals surface area (Å²) in [5.41, 5.74) is 1.24. The van der Waals surface area contributed by atoms with Crippen molar-refractivity contribution >= 4 is 0 Å². The minimum absolute atomic E-state index is 0.737. The molecule has 0 radical (unpaired) electrons. The summed E-state index contributed by atoms with van der Waals surface area (Å²) in [6, 6.07) is 8.27. The lowest BCUT2D eigenvalue weighted by Crippen LogP contribution is -2.18. The van der Waals surface area contributed by atoms with Crippen molar-refractivity contribution in [3.8, 4) is 5.75 Å². The predicted octanol–water partition coefficient (Wildman–Crippen LogP) is 3.55. The van der Waals surface area contributed by atoms with Crippen LogP contribution in [0.5, 0.6) is 5.75 Å². The van der Waals surface area contributed by atoms with Crippen LogP contribution in [0.2, 0.25) is 0 Å². The summed E-state index contributed by atoms with van der Waals surface area (Å²) in [4.78, 5) is 0. The Morgan fingerprint density at radius 1 is 1.20 bits per heavy atom. The van der Waals surface area contributed by atoms with Gasteiger partial charge in [0.1, 0.15) is 5.75 Å². The van der Waals surface area contributed by atoms with Crippen LogP contribution in [-0.4, -0.2) is 26.9 Å². The van der Waals surface area contributed by atoms with Crippen molar-refractivity contribution in [2.75, 3.05) is 26.9 Å². The van der Waals surface area contributed by atoms with Crippen LogP contribution < -0.4 is 10.1 Å². The molecule has 0 saturated heterocycles. The number of hydrogen-bond acceptors (Lipinski definition) is 3. The first-order chi connectivity index (χ1) is 9.86. The average molecular weight is 277 g/mol. The molecule has 0 aromatic heterocycles. The van der Waals surface area contributed by atoms with Gasteiger partial charge in [-0.2, -0.15) is 0 Å². The van der Waals surface area contributed by atoms with Gasteiger partial charge in [0.2, 0.25) is 0 Å². The lowest BCUT2D eigenvalue weighted by atomic mass is 10.2. The molecule has 1 N–H and O–H groups in total. The van der Waals surface area contributed by atoms with E-state index in [-0.39, 0.29) is 0 Å². The van der Waals surface area contributed by atoms with Gasteiger partial charge in [-0.15, -0.1) is 6.58 Å². The highest BCUT2D eigenvalue weighted by Crippen LogP contribution is 2.14. The minimum atomic E-state index is 0.737. The van der Waals surface area contributed by atoms with E-state index in [4.69, 9.17) is 9.47 Å². The SMILES string of the molecule is C=CCCCCCOc1cccc(CNCCOC)c1. The third kappa shape index (κ3) is 7.97. The second-order valence-electron chi connectivity index (χ2n) is 4.80. The molecule has 0 bridgehead atoms. The fourth-order valence-corrected chi connectivity index (χ4v) is 1.91. The zero-order valence-corrected chi connectivity index (χ0v) is 12.6. The Labute approximate surface area is 123 Å². The number of hydrogen-bond donors (Lipinski definition) is 1. The van der Waals surface area contributed by atoms with E-state index in [0.29, 0.717) is 0 Å². The first-order valence-electron chi connectivity index (χ1n) is 7.39. The molecule has 3 heteroatoms. The van der Waals surface area contributed by atoms with Gasteiger partial charge in [-0.05, 0) is 43.4 Å². The number of ether oxygens (including phenoxy) is 2. The molecular weight excluding hydrogens is 250 g/mol. The summed E-state index contributed by atoms with van der Waals surface area (Å²) in [5.74, 6) is 0.958. The van der Waals surface area contributed by atoms with E-state index in [1.54, 1.807) is 7.11 Å². The van der Waals surface area contributed by atoms with Crippen LogP contribution in [0.25, 0.3) is 0 Å². The van der Waals surface area contributed by atoms with Crippen molar-refractivity contribution in [1.82, 2.24) is 5.32 Å². The van der Waals surface area contributed by atoms with E-state index in [9.17, 15) is 0 Å². The monoisotopic (exact) mass is 277 g/mol. The maximum absolute atomic E-state index is 5.78. The van der Waals surface area contributed by atoms with Crippen molar-refractivity contribution in [3.63, 3.8) is 0 Å².